The van der Waals surface area contributed by atoms with Gasteiger partial charge in [0.2, 0.25) is 0 Å². The number of hydrogen-bond donors (Lipinski definition) is 0. The second kappa shape index (κ2) is 6.50. The highest BCUT2D eigenvalue weighted by atomic mass is 32.2. The molecule has 0 bridgehead atoms. The van der Waals surface area contributed by atoms with E-state index in [1.54, 1.807) is 24.3 Å². The van der Waals surface area contributed by atoms with E-state index >= 15 is 0 Å². The number of ether oxygens (including phenoxy) is 1. The molecule has 0 aliphatic carbocycles. The number of benzene rings is 1. The highest BCUT2D eigenvalue weighted by molar-refractivity contribution is 8.02. The van der Waals surface area contributed by atoms with Gasteiger partial charge in [0.05, 0.1) is 17.1 Å². The summed E-state index contributed by atoms with van der Waals surface area (Å²) in [6.07, 6.45) is -0.229. The highest BCUT2D eigenvalue weighted by Gasteiger charge is 2.29. The number of esters is 1. The van der Waals surface area contributed by atoms with Crippen LogP contribution < -0.4 is 0 Å². The number of carbonyl (C=O) groups excluding carboxylic acids is 1. The molecule has 1 heterocycles. The van der Waals surface area contributed by atoms with Crippen molar-refractivity contribution in [3.8, 4) is 6.07 Å². The third-order valence-electron chi connectivity index (χ3n) is 3.06. The van der Waals surface area contributed by atoms with Crippen molar-refractivity contribution in [1.29, 1.82) is 5.26 Å². The Kier molecular flexibility index (Phi) is 4.91. The fourth-order valence-electron chi connectivity index (χ4n) is 2.02. The van der Waals surface area contributed by atoms with Gasteiger partial charge in [-0.05, 0) is 25.5 Å². The van der Waals surface area contributed by atoms with Crippen LogP contribution in [0.3, 0.4) is 0 Å². The van der Waals surface area contributed by atoms with Gasteiger partial charge < -0.3 is 4.74 Å². The van der Waals surface area contributed by atoms with Crippen molar-refractivity contribution in [3.63, 3.8) is 0 Å². The Balaban J connectivity index is 2.14. The normalized spacial score (nSPS) is 21.4. The van der Waals surface area contributed by atoms with Crippen LogP contribution in [0.1, 0.15) is 23.7 Å². The van der Waals surface area contributed by atoms with E-state index in [1.807, 2.05) is 6.07 Å². The second-order valence-corrected chi connectivity index (χ2v) is 8.39. The first-order valence-corrected chi connectivity index (χ1v) is 9.18. The van der Waals surface area contributed by atoms with Gasteiger partial charge >= 0.3 is 5.97 Å². The number of sulfone groups is 1. The third-order valence-corrected chi connectivity index (χ3v) is 6.38. The number of nitriles is 1. The number of hydrogen-bond acceptors (Lipinski definition) is 6. The molecule has 1 saturated heterocycles. The smallest absolute Gasteiger partial charge is 0.340 e. The summed E-state index contributed by atoms with van der Waals surface area (Å²) in [6, 6.07) is 8.73. The summed E-state index contributed by atoms with van der Waals surface area (Å²) in [5, 5.41) is 8.64. The molecule has 1 aromatic rings. The van der Waals surface area contributed by atoms with Gasteiger partial charge in [0, 0.05) is 10.1 Å². The second-order valence-electron chi connectivity index (χ2n) is 4.82. The molecule has 1 aliphatic heterocycles. The van der Waals surface area contributed by atoms with E-state index < -0.39 is 21.9 Å². The molecule has 2 atom stereocenters. The van der Waals surface area contributed by atoms with Gasteiger partial charge in [0.1, 0.15) is 6.07 Å². The summed E-state index contributed by atoms with van der Waals surface area (Å²) < 4.78 is 28.0. The standard InChI is InChI=1S/C14H15NO4S2/c1-10(8-15)19-14(16)12-4-2-3-5-13(12)20-11-6-7-21(17,18)9-11/h2-5,10-11H,6-7,9H2,1H3/t10-,11-/m1/s1. The Bertz CT molecular complexity index is 678. The molecule has 0 radical (unpaired) electrons. The highest BCUT2D eigenvalue weighted by Crippen LogP contribution is 2.33. The zero-order valence-corrected chi connectivity index (χ0v) is 13.1. The van der Waals surface area contributed by atoms with Crippen LogP contribution in [-0.2, 0) is 14.6 Å². The quantitative estimate of drug-likeness (QED) is 0.788. The summed E-state index contributed by atoms with van der Waals surface area (Å²) in [4.78, 5) is 12.7. The molecule has 5 nitrogen and oxygen atoms in total. The minimum Gasteiger partial charge on any atom is -0.444 e. The van der Waals surface area contributed by atoms with Crippen molar-refractivity contribution in [2.45, 2.75) is 29.6 Å². The van der Waals surface area contributed by atoms with Gasteiger partial charge in [0.25, 0.3) is 0 Å². The summed E-state index contributed by atoms with van der Waals surface area (Å²) >= 11 is 1.38. The lowest BCUT2D eigenvalue weighted by Crippen LogP contribution is -2.14. The third kappa shape index (κ3) is 4.22. The maximum Gasteiger partial charge on any atom is 0.340 e. The molecule has 0 N–H and O–H groups in total. The lowest BCUT2D eigenvalue weighted by Gasteiger charge is -2.12. The summed E-state index contributed by atoms with van der Waals surface area (Å²) in [7, 11) is -2.95. The van der Waals surface area contributed by atoms with Crippen molar-refractivity contribution in [2.75, 3.05) is 11.5 Å². The molecule has 0 aromatic heterocycles. The average molecular weight is 325 g/mol. The Morgan fingerprint density at radius 3 is 2.81 bits per heavy atom. The molecule has 1 fully saturated rings. The van der Waals surface area contributed by atoms with Crippen LogP contribution in [0.15, 0.2) is 29.2 Å². The Labute approximate surface area is 128 Å². The first kappa shape index (κ1) is 15.9. The van der Waals surface area contributed by atoms with Gasteiger partial charge in [-0.3, -0.25) is 0 Å². The van der Waals surface area contributed by atoms with Crippen molar-refractivity contribution >= 4 is 27.6 Å². The Morgan fingerprint density at radius 1 is 1.48 bits per heavy atom. The zero-order valence-electron chi connectivity index (χ0n) is 11.5. The lowest BCUT2D eigenvalue weighted by molar-refractivity contribution is 0.0431. The van der Waals surface area contributed by atoms with Crippen LogP contribution in [0, 0.1) is 11.3 Å². The van der Waals surface area contributed by atoms with E-state index in [0.717, 1.165) is 0 Å². The lowest BCUT2D eigenvalue weighted by atomic mass is 10.2. The molecule has 2 rings (SSSR count). The number of carbonyl (C=O) groups is 1. The van der Waals surface area contributed by atoms with E-state index in [1.165, 1.54) is 18.7 Å². The molecule has 0 unspecified atom stereocenters. The zero-order chi connectivity index (χ0) is 15.5. The molecular weight excluding hydrogens is 310 g/mol. The van der Waals surface area contributed by atoms with Crippen molar-refractivity contribution in [2.24, 2.45) is 0 Å². The largest absolute Gasteiger partial charge is 0.444 e. The van der Waals surface area contributed by atoms with Crippen LogP contribution in [0.5, 0.6) is 0 Å². The fourth-order valence-corrected chi connectivity index (χ4v) is 5.64. The minimum absolute atomic E-state index is 0.0441. The van der Waals surface area contributed by atoms with Crippen LogP contribution in [0.4, 0.5) is 0 Å². The van der Waals surface area contributed by atoms with Gasteiger partial charge in [-0.15, -0.1) is 11.8 Å². The summed E-state index contributed by atoms with van der Waals surface area (Å²) in [5.74, 6) is -0.230. The molecule has 1 aromatic carbocycles. The van der Waals surface area contributed by atoms with Crippen LogP contribution in [0.25, 0.3) is 0 Å². The fraction of sp³-hybridized carbons (Fsp3) is 0.429. The number of thioether (sulfide) groups is 1. The van der Waals surface area contributed by atoms with Crippen molar-refractivity contribution < 1.29 is 17.9 Å². The Hall–Kier alpha value is -1.52. The van der Waals surface area contributed by atoms with Crippen molar-refractivity contribution in [1.82, 2.24) is 0 Å². The summed E-state index contributed by atoms with van der Waals surface area (Å²) in [5.41, 5.74) is 0.369. The topological polar surface area (TPSA) is 84.2 Å². The SMILES string of the molecule is C[C@H](C#N)OC(=O)c1ccccc1S[C@@H]1CCS(=O)(=O)C1. The minimum atomic E-state index is -2.95. The first-order chi connectivity index (χ1) is 9.91. The van der Waals surface area contributed by atoms with Gasteiger partial charge in [0.15, 0.2) is 15.9 Å². The van der Waals surface area contributed by atoms with Crippen LogP contribution >= 0.6 is 11.8 Å². The molecule has 1 aliphatic rings. The molecular formula is C14H15NO4S2. The van der Waals surface area contributed by atoms with Gasteiger partial charge in [-0.2, -0.15) is 5.26 Å². The maximum atomic E-state index is 12.0. The monoisotopic (exact) mass is 325 g/mol. The first-order valence-electron chi connectivity index (χ1n) is 6.48. The van der Waals surface area contributed by atoms with E-state index in [0.29, 0.717) is 16.9 Å². The molecule has 112 valence electrons. The number of rotatable bonds is 4. The van der Waals surface area contributed by atoms with E-state index in [9.17, 15) is 13.2 Å². The van der Waals surface area contributed by atoms with Crippen molar-refractivity contribution in [3.05, 3.63) is 29.8 Å². The van der Waals surface area contributed by atoms with Gasteiger partial charge in [-0.25, -0.2) is 13.2 Å². The predicted molar refractivity (Wildman–Crippen MR) is 79.8 cm³/mol. The van der Waals surface area contributed by atoms with Gasteiger partial charge in [-0.1, -0.05) is 12.1 Å². The Morgan fingerprint density at radius 2 is 2.19 bits per heavy atom. The molecule has 0 spiro atoms. The molecule has 7 heteroatoms. The molecule has 21 heavy (non-hydrogen) atoms. The predicted octanol–water partition coefficient (Wildman–Crippen LogP) is 2.03. The van der Waals surface area contributed by atoms with E-state index in [2.05, 4.69) is 0 Å². The maximum absolute atomic E-state index is 12.0. The molecule has 0 amide bonds. The molecule has 0 saturated carbocycles. The van der Waals surface area contributed by atoms with E-state index in [4.69, 9.17) is 10.00 Å². The van der Waals surface area contributed by atoms with E-state index in [-0.39, 0.29) is 16.8 Å². The summed E-state index contributed by atoms with van der Waals surface area (Å²) in [6.45, 7) is 1.50. The van der Waals surface area contributed by atoms with Crippen LogP contribution in [-0.4, -0.2) is 37.2 Å². The average Bonchev–Trinajstić information content (AvgIpc) is 2.78. The van der Waals surface area contributed by atoms with Crippen LogP contribution in [0.2, 0.25) is 0 Å². The number of nitrogens with zero attached hydrogens (tertiary/aromatic N) is 1.